The van der Waals surface area contributed by atoms with Crippen molar-refractivity contribution in [2.24, 2.45) is 0 Å². The fourth-order valence-corrected chi connectivity index (χ4v) is 5.13. The van der Waals surface area contributed by atoms with E-state index >= 15 is 0 Å². The van der Waals surface area contributed by atoms with Crippen LogP contribution in [0.15, 0.2) is 4.52 Å². The lowest BCUT2D eigenvalue weighted by atomic mass is 10.1. The van der Waals surface area contributed by atoms with Crippen molar-refractivity contribution >= 4 is 10.2 Å². The lowest BCUT2D eigenvalue weighted by molar-refractivity contribution is 0.163. The average Bonchev–Trinajstić information content (AvgIpc) is 2.93. The van der Waals surface area contributed by atoms with Crippen molar-refractivity contribution < 1.29 is 12.9 Å². The molecule has 0 unspecified atom stereocenters. The summed E-state index contributed by atoms with van der Waals surface area (Å²) in [6.45, 7) is 7.43. The topological polar surface area (TPSA) is 82.8 Å². The Balaban J connectivity index is 1.57. The lowest BCUT2D eigenvalue weighted by Gasteiger charge is -2.39. The molecule has 1 aromatic heterocycles. The molecular weight excluding hydrogens is 318 g/mol. The molecule has 2 saturated heterocycles. The average molecular weight is 343 g/mol. The van der Waals surface area contributed by atoms with E-state index in [0.717, 1.165) is 19.3 Å². The highest BCUT2D eigenvalue weighted by Crippen LogP contribution is 2.23. The van der Waals surface area contributed by atoms with E-state index in [1.165, 1.54) is 0 Å². The minimum absolute atomic E-state index is 0.106. The monoisotopic (exact) mass is 343 g/mol. The summed E-state index contributed by atoms with van der Waals surface area (Å²) >= 11 is 0. The smallest absolute Gasteiger partial charge is 0.282 e. The molecule has 130 valence electrons. The zero-order chi connectivity index (χ0) is 16.4. The summed E-state index contributed by atoms with van der Waals surface area (Å²) in [5, 5.41) is 3.89. The first kappa shape index (κ1) is 16.8. The molecule has 0 aliphatic carbocycles. The van der Waals surface area contributed by atoms with Gasteiger partial charge in [-0.2, -0.15) is 22.0 Å². The van der Waals surface area contributed by atoms with Crippen LogP contribution in [0, 0.1) is 6.92 Å². The quantitative estimate of drug-likeness (QED) is 0.797. The number of piperazine rings is 1. The normalized spacial score (nSPS) is 25.7. The van der Waals surface area contributed by atoms with Gasteiger partial charge in [-0.15, -0.1) is 0 Å². The minimum Gasteiger partial charge on any atom is -0.340 e. The van der Waals surface area contributed by atoms with Crippen molar-refractivity contribution in [3.8, 4) is 0 Å². The van der Waals surface area contributed by atoms with Crippen LogP contribution in [0.3, 0.4) is 0 Å². The molecule has 9 heteroatoms. The predicted octanol–water partition coefficient (Wildman–Crippen LogP) is 0.615. The number of piperidine rings is 1. The van der Waals surface area contributed by atoms with Gasteiger partial charge in [-0.3, -0.25) is 4.90 Å². The summed E-state index contributed by atoms with van der Waals surface area (Å²) in [6, 6.07) is 0.106. The Labute approximate surface area is 137 Å². The molecule has 1 atom stereocenters. The van der Waals surface area contributed by atoms with Crippen LogP contribution in [0.5, 0.6) is 0 Å². The van der Waals surface area contributed by atoms with Gasteiger partial charge in [0, 0.05) is 45.7 Å². The Bertz CT molecular complexity index is 624. The van der Waals surface area contributed by atoms with Gasteiger partial charge in [-0.05, 0) is 19.8 Å². The number of hydrogen-bond donors (Lipinski definition) is 0. The molecule has 0 bridgehead atoms. The SMILES string of the molecule is Cc1nc(CN2CCN(S(=O)(=O)N3CCCC[C@@H]3C)CC2)no1. The van der Waals surface area contributed by atoms with Crippen LogP contribution in [-0.4, -0.2) is 70.8 Å². The minimum atomic E-state index is -3.34. The third-order valence-electron chi connectivity index (χ3n) is 4.63. The van der Waals surface area contributed by atoms with Crippen molar-refractivity contribution in [2.75, 3.05) is 32.7 Å². The van der Waals surface area contributed by atoms with Crippen LogP contribution in [0.2, 0.25) is 0 Å². The predicted molar refractivity (Wildman–Crippen MR) is 84.8 cm³/mol. The van der Waals surface area contributed by atoms with Crippen molar-refractivity contribution in [1.29, 1.82) is 0 Å². The van der Waals surface area contributed by atoms with Gasteiger partial charge < -0.3 is 4.52 Å². The van der Waals surface area contributed by atoms with Gasteiger partial charge in [0.05, 0.1) is 6.54 Å². The molecule has 0 saturated carbocycles. The highest BCUT2D eigenvalue weighted by Gasteiger charge is 2.36. The van der Waals surface area contributed by atoms with Gasteiger partial charge in [0.15, 0.2) is 5.82 Å². The summed E-state index contributed by atoms with van der Waals surface area (Å²) in [6.07, 6.45) is 3.03. The molecule has 0 amide bonds. The largest absolute Gasteiger partial charge is 0.340 e. The molecule has 3 rings (SSSR count). The molecule has 0 N–H and O–H groups in total. The Morgan fingerprint density at radius 3 is 2.52 bits per heavy atom. The van der Waals surface area contributed by atoms with E-state index in [4.69, 9.17) is 4.52 Å². The van der Waals surface area contributed by atoms with Crippen molar-refractivity contribution in [2.45, 2.75) is 45.7 Å². The zero-order valence-corrected chi connectivity index (χ0v) is 14.6. The second-order valence-electron chi connectivity index (χ2n) is 6.37. The van der Waals surface area contributed by atoms with Gasteiger partial charge in [0.1, 0.15) is 0 Å². The van der Waals surface area contributed by atoms with Crippen LogP contribution in [0.4, 0.5) is 0 Å². The van der Waals surface area contributed by atoms with Crippen molar-refractivity contribution in [1.82, 2.24) is 23.7 Å². The Hall–Kier alpha value is -1.03. The molecule has 2 aliphatic rings. The number of aromatic nitrogens is 2. The zero-order valence-electron chi connectivity index (χ0n) is 13.8. The van der Waals surface area contributed by atoms with Crippen LogP contribution in [-0.2, 0) is 16.8 Å². The number of aryl methyl sites for hydroxylation is 1. The van der Waals surface area contributed by atoms with Crippen molar-refractivity contribution in [3.63, 3.8) is 0 Å². The molecule has 2 aliphatic heterocycles. The third-order valence-corrected chi connectivity index (χ3v) is 6.78. The van der Waals surface area contributed by atoms with Gasteiger partial charge >= 0.3 is 0 Å². The van der Waals surface area contributed by atoms with Gasteiger partial charge in [0.2, 0.25) is 5.89 Å². The highest BCUT2D eigenvalue weighted by molar-refractivity contribution is 7.86. The maximum Gasteiger partial charge on any atom is 0.282 e. The summed E-state index contributed by atoms with van der Waals surface area (Å²) in [5.41, 5.74) is 0. The maximum atomic E-state index is 12.8. The maximum absolute atomic E-state index is 12.8. The van der Waals surface area contributed by atoms with E-state index in [9.17, 15) is 8.42 Å². The molecule has 0 spiro atoms. The molecule has 0 aromatic carbocycles. The summed E-state index contributed by atoms with van der Waals surface area (Å²) in [5.74, 6) is 1.21. The van der Waals surface area contributed by atoms with E-state index in [0.29, 0.717) is 51.0 Å². The molecule has 3 heterocycles. The summed E-state index contributed by atoms with van der Waals surface area (Å²) in [4.78, 5) is 6.36. The lowest BCUT2D eigenvalue weighted by Crippen LogP contribution is -2.55. The third kappa shape index (κ3) is 3.73. The first-order valence-corrected chi connectivity index (χ1v) is 9.65. The first-order chi connectivity index (χ1) is 11.0. The standard InChI is InChI=1S/C14H25N5O3S/c1-12-5-3-4-6-19(12)23(20,21)18-9-7-17(8-10-18)11-14-15-13(2)22-16-14/h12H,3-11H2,1-2H3/t12-/m0/s1. The number of nitrogens with zero attached hydrogens (tertiary/aromatic N) is 5. The molecule has 1 aromatic rings. The van der Waals surface area contributed by atoms with Gasteiger partial charge in [0.25, 0.3) is 10.2 Å². The number of rotatable bonds is 4. The van der Waals surface area contributed by atoms with E-state index in [1.807, 2.05) is 6.92 Å². The van der Waals surface area contributed by atoms with Crippen LogP contribution in [0.25, 0.3) is 0 Å². The second-order valence-corrected chi connectivity index (χ2v) is 8.25. The Morgan fingerprint density at radius 2 is 1.91 bits per heavy atom. The van der Waals surface area contributed by atoms with E-state index < -0.39 is 10.2 Å². The van der Waals surface area contributed by atoms with Gasteiger partial charge in [-0.1, -0.05) is 11.6 Å². The highest BCUT2D eigenvalue weighted by atomic mass is 32.2. The van der Waals surface area contributed by atoms with Gasteiger partial charge in [-0.25, -0.2) is 0 Å². The Kier molecular flexibility index (Phi) is 5.00. The van der Waals surface area contributed by atoms with E-state index in [1.54, 1.807) is 15.5 Å². The van der Waals surface area contributed by atoms with Crippen LogP contribution in [0.1, 0.15) is 37.9 Å². The Morgan fingerprint density at radius 1 is 1.17 bits per heavy atom. The van der Waals surface area contributed by atoms with Crippen LogP contribution < -0.4 is 0 Å². The second kappa shape index (κ2) is 6.84. The molecule has 0 radical (unpaired) electrons. The number of hydrogen-bond acceptors (Lipinski definition) is 6. The molecule has 2 fully saturated rings. The molecule has 8 nitrogen and oxygen atoms in total. The fraction of sp³-hybridized carbons (Fsp3) is 0.857. The van der Waals surface area contributed by atoms with Crippen molar-refractivity contribution in [3.05, 3.63) is 11.7 Å². The first-order valence-electron chi connectivity index (χ1n) is 8.25. The van der Waals surface area contributed by atoms with Crippen LogP contribution >= 0.6 is 0 Å². The fourth-order valence-electron chi connectivity index (χ4n) is 3.29. The van der Waals surface area contributed by atoms with E-state index in [-0.39, 0.29) is 6.04 Å². The molecular formula is C14H25N5O3S. The summed E-state index contributed by atoms with van der Waals surface area (Å²) < 4.78 is 33.9. The molecule has 23 heavy (non-hydrogen) atoms. The summed E-state index contributed by atoms with van der Waals surface area (Å²) in [7, 11) is -3.34. The van der Waals surface area contributed by atoms with E-state index in [2.05, 4.69) is 15.0 Å².